The van der Waals surface area contributed by atoms with Crippen molar-refractivity contribution in [3.05, 3.63) is 30.3 Å². The molecule has 0 aliphatic carbocycles. The highest BCUT2D eigenvalue weighted by Crippen LogP contribution is 2.12. The molecule has 0 atom stereocenters. The van der Waals surface area contributed by atoms with Crippen molar-refractivity contribution in [3.63, 3.8) is 0 Å². The van der Waals surface area contributed by atoms with Crippen LogP contribution in [0.3, 0.4) is 0 Å². The summed E-state index contributed by atoms with van der Waals surface area (Å²) in [5.41, 5.74) is 0.907. The molecule has 1 saturated heterocycles. The maximum atomic E-state index is 11.3. The average Bonchev–Trinajstić information content (AvgIpc) is 2.58. The Morgan fingerprint density at radius 3 is 2.27 bits per heavy atom. The van der Waals surface area contributed by atoms with Crippen molar-refractivity contribution in [1.82, 2.24) is 4.90 Å². The van der Waals surface area contributed by atoms with Crippen molar-refractivity contribution in [1.29, 1.82) is 0 Å². The third-order valence-electron chi connectivity index (χ3n) is 2.37. The molecule has 2 rings (SSSR count). The summed E-state index contributed by atoms with van der Waals surface area (Å²) in [5, 5.41) is 3.03. The van der Waals surface area contributed by atoms with E-state index in [1.54, 1.807) is 0 Å². The van der Waals surface area contributed by atoms with Gasteiger partial charge in [0, 0.05) is 18.5 Å². The Labute approximate surface area is 87.9 Å². The van der Waals surface area contributed by atoms with Gasteiger partial charge in [0.05, 0.1) is 6.67 Å². The molecule has 1 heterocycles. The third kappa shape index (κ3) is 2.15. The molecule has 1 aromatic rings. The zero-order chi connectivity index (χ0) is 10.7. The van der Waals surface area contributed by atoms with Gasteiger partial charge in [0.1, 0.15) is 0 Å². The second kappa shape index (κ2) is 4.13. The molecule has 78 valence electrons. The molecule has 0 spiro atoms. The molecule has 1 aromatic carbocycles. The predicted molar refractivity (Wildman–Crippen MR) is 56.0 cm³/mol. The van der Waals surface area contributed by atoms with Gasteiger partial charge in [-0.25, -0.2) is 0 Å². The molecule has 4 nitrogen and oxygen atoms in total. The number of nitrogens with zero attached hydrogens (tertiary/aromatic N) is 1. The smallest absolute Gasteiger partial charge is 0.231 e. The van der Waals surface area contributed by atoms with Gasteiger partial charge < -0.3 is 5.32 Å². The Morgan fingerprint density at radius 2 is 1.67 bits per heavy atom. The summed E-state index contributed by atoms with van der Waals surface area (Å²) in [6.07, 6.45) is 0.685. The lowest BCUT2D eigenvalue weighted by molar-refractivity contribution is -0.137. The van der Waals surface area contributed by atoms with E-state index < -0.39 is 0 Å². The van der Waals surface area contributed by atoms with Crippen LogP contribution in [0.4, 0.5) is 5.69 Å². The van der Waals surface area contributed by atoms with E-state index in [2.05, 4.69) is 5.32 Å². The number of benzene rings is 1. The molecular weight excluding hydrogens is 192 g/mol. The van der Waals surface area contributed by atoms with E-state index in [0.717, 1.165) is 5.69 Å². The molecule has 0 radical (unpaired) electrons. The molecular formula is C11H12N2O2. The molecule has 0 saturated carbocycles. The van der Waals surface area contributed by atoms with Crippen LogP contribution >= 0.6 is 0 Å². The first-order valence-corrected chi connectivity index (χ1v) is 4.89. The molecule has 1 fully saturated rings. The minimum absolute atomic E-state index is 0.0940. The third-order valence-corrected chi connectivity index (χ3v) is 2.37. The predicted octanol–water partition coefficient (Wildman–Crippen LogP) is 1.21. The van der Waals surface area contributed by atoms with Gasteiger partial charge in [-0.2, -0.15) is 0 Å². The summed E-state index contributed by atoms with van der Waals surface area (Å²) in [6, 6.07) is 9.50. The monoisotopic (exact) mass is 204 g/mol. The molecule has 0 bridgehead atoms. The van der Waals surface area contributed by atoms with Gasteiger partial charge in [-0.05, 0) is 12.1 Å². The van der Waals surface area contributed by atoms with Crippen LogP contribution in [0.2, 0.25) is 0 Å². The van der Waals surface area contributed by atoms with Crippen molar-refractivity contribution in [2.75, 3.05) is 12.0 Å². The van der Waals surface area contributed by atoms with E-state index in [4.69, 9.17) is 0 Å². The van der Waals surface area contributed by atoms with Gasteiger partial charge in [0.15, 0.2) is 0 Å². The molecule has 1 aliphatic heterocycles. The van der Waals surface area contributed by atoms with Crippen molar-refractivity contribution in [3.8, 4) is 0 Å². The molecule has 15 heavy (non-hydrogen) atoms. The summed E-state index contributed by atoms with van der Waals surface area (Å²) in [6.45, 7) is 0.266. The molecule has 4 heteroatoms. The van der Waals surface area contributed by atoms with Crippen LogP contribution in [0.1, 0.15) is 12.8 Å². The van der Waals surface area contributed by atoms with Gasteiger partial charge in [-0.15, -0.1) is 0 Å². The molecule has 1 aliphatic rings. The van der Waals surface area contributed by atoms with Gasteiger partial charge >= 0.3 is 0 Å². The number of carbonyl (C=O) groups excluding carboxylic acids is 2. The standard InChI is InChI=1S/C11H12N2O2/c14-10-6-7-11(15)13(10)8-12-9-4-2-1-3-5-9/h1-5,12H,6-8H2. The van der Waals surface area contributed by atoms with Crippen molar-refractivity contribution in [2.45, 2.75) is 12.8 Å². The first kappa shape index (κ1) is 9.71. The number of hydrogen-bond acceptors (Lipinski definition) is 3. The van der Waals surface area contributed by atoms with E-state index >= 15 is 0 Å². The van der Waals surface area contributed by atoms with Crippen LogP contribution in [-0.4, -0.2) is 23.4 Å². The van der Waals surface area contributed by atoms with Crippen LogP contribution < -0.4 is 5.32 Å². The van der Waals surface area contributed by atoms with Crippen LogP contribution in [0.5, 0.6) is 0 Å². The quantitative estimate of drug-likeness (QED) is 0.753. The summed E-state index contributed by atoms with van der Waals surface area (Å²) >= 11 is 0. The highest BCUT2D eigenvalue weighted by Gasteiger charge is 2.28. The lowest BCUT2D eigenvalue weighted by Gasteiger charge is -2.15. The summed E-state index contributed by atoms with van der Waals surface area (Å²) < 4.78 is 0. The number of hydrogen-bond donors (Lipinski definition) is 1. The molecule has 1 N–H and O–H groups in total. The zero-order valence-electron chi connectivity index (χ0n) is 8.27. The second-order valence-electron chi connectivity index (χ2n) is 3.42. The second-order valence-corrected chi connectivity index (χ2v) is 3.42. The minimum Gasteiger partial charge on any atom is -0.367 e. The summed E-state index contributed by atoms with van der Waals surface area (Å²) in [4.78, 5) is 23.8. The van der Waals surface area contributed by atoms with Crippen molar-refractivity contribution >= 4 is 17.5 Å². The van der Waals surface area contributed by atoms with E-state index in [9.17, 15) is 9.59 Å². The minimum atomic E-state index is -0.0940. The lowest BCUT2D eigenvalue weighted by Crippen LogP contribution is -2.33. The highest BCUT2D eigenvalue weighted by molar-refractivity contribution is 6.02. The SMILES string of the molecule is O=C1CCC(=O)N1CNc1ccccc1. The maximum Gasteiger partial charge on any atom is 0.231 e. The van der Waals surface area contributed by atoms with Crippen LogP contribution in [-0.2, 0) is 9.59 Å². The van der Waals surface area contributed by atoms with Gasteiger partial charge in [-0.1, -0.05) is 18.2 Å². The lowest BCUT2D eigenvalue weighted by atomic mass is 10.3. The number of amides is 2. The average molecular weight is 204 g/mol. The van der Waals surface area contributed by atoms with Gasteiger partial charge in [-0.3, -0.25) is 14.5 Å². The fraction of sp³-hybridized carbons (Fsp3) is 0.273. The van der Waals surface area contributed by atoms with Crippen LogP contribution in [0, 0.1) is 0 Å². The number of likely N-dealkylation sites (tertiary alicyclic amines) is 1. The number of imide groups is 1. The Morgan fingerprint density at radius 1 is 1.07 bits per heavy atom. The topological polar surface area (TPSA) is 49.4 Å². The fourth-order valence-electron chi connectivity index (χ4n) is 1.53. The Kier molecular flexibility index (Phi) is 2.67. The fourth-order valence-corrected chi connectivity index (χ4v) is 1.53. The number of para-hydroxylation sites is 1. The molecule has 0 unspecified atom stereocenters. The highest BCUT2D eigenvalue weighted by atomic mass is 16.2. The first-order valence-electron chi connectivity index (χ1n) is 4.89. The van der Waals surface area contributed by atoms with E-state index in [0.29, 0.717) is 12.8 Å². The van der Waals surface area contributed by atoms with Crippen LogP contribution in [0.15, 0.2) is 30.3 Å². The van der Waals surface area contributed by atoms with Crippen molar-refractivity contribution in [2.24, 2.45) is 0 Å². The van der Waals surface area contributed by atoms with Gasteiger partial charge in [0.2, 0.25) is 11.8 Å². The Bertz CT molecular complexity index is 359. The normalized spacial score (nSPS) is 15.9. The zero-order valence-corrected chi connectivity index (χ0v) is 8.27. The number of anilines is 1. The molecule has 2 amide bonds. The number of carbonyl (C=O) groups is 2. The Hall–Kier alpha value is -1.84. The number of rotatable bonds is 3. The van der Waals surface area contributed by atoms with E-state index in [1.807, 2.05) is 30.3 Å². The van der Waals surface area contributed by atoms with E-state index in [1.165, 1.54) is 4.90 Å². The molecule has 0 aromatic heterocycles. The summed E-state index contributed by atoms with van der Waals surface area (Å²) in [5.74, 6) is -0.188. The summed E-state index contributed by atoms with van der Waals surface area (Å²) in [7, 11) is 0. The van der Waals surface area contributed by atoms with Crippen LogP contribution in [0.25, 0.3) is 0 Å². The Balaban J connectivity index is 1.93. The first-order chi connectivity index (χ1) is 7.27. The maximum absolute atomic E-state index is 11.3. The van der Waals surface area contributed by atoms with Gasteiger partial charge in [0.25, 0.3) is 0 Å². The van der Waals surface area contributed by atoms with Crippen molar-refractivity contribution < 1.29 is 9.59 Å². The largest absolute Gasteiger partial charge is 0.367 e. The van der Waals surface area contributed by atoms with E-state index in [-0.39, 0.29) is 18.5 Å². The number of nitrogens with one attached hydrogen (secondary N) is 1.